The van der Waals surface area contributed by atoms with Crippen LogP contribution in [0.2, 0.25) is 0 Å². The highest BCUT2D eigenvalue weighted by Crippen LogP contribution is 2.45. The SMILES string of the molecule is Cc1ccsc1CN(C)C(=O)C1(c2ccccc2)CCC1. The molecule has 1 aromatic heterocycles. The lowest BCUT2D eigenvalue weighted by molar-refractivity contribution is -0.140. The number of carbonyl (C=O) groups excluding carboxylic acids is 1. The van der Waals surface area contributed by atoms with Gasteiger partial charge in [-0.1, -0.05) is 36.8 Å². The Bertz CT molecular complexity index is 628. The van der Waals surface area contributed by atoms with E-state index in [-0.39, 0.29) is 11.3 Å². The lowest BCUT2D eigenvalue weighted by atomic mass is 9.63. The fourth-order valence-corrected chi connectivity index (χ4v) is 4.09. The first-order valence-electron chi connectivity index (χ1n) is 7.47. The van der Waals surface area contributed by atoms with E-state index in [1.165, 1.54) is 16.0 Å². The number of thiophene rings is 1. The van der Waals surface area contributed by atoms with Crippen LogP contribution < -0.4 is 0 Å². The molecular weight excluding hydrogens is 278 g/mol. The van der Waals surface area contributed by atoms with Gasteiger partial charge in [-0.2, -0.15) is 0 Å². The van der Waals surface area contributed by atoms with Crippen LogP contribution in [-0.2, 0) is 16.8 Å². The van der Waals surface area contributed by atoms with Gasteiger partial charge >= 0.3 is 0 Å². The Labute approximate surface area is 130 Å². The van der Waals surface area contributed by atoms with E-state index in [0.29, 0.717) is 0 Å². The Morgan fingerprint density at radius 1 is 1.24 bits per heavy atom. The summed E-state index contributed by atoms with van der Waals surface area (Å²) in [6.45, 7) is 2.83. The molecule has 110 valence electrons. The van der Waals surface area contributed by atoms with Gasteiger partial charge in [-0.05, 0) is 42.3 Å². The van der Waals surface area contributed by atoms with Gasteiger partial charge in [0.15, 0.2) is 0 Å². The molecule has 0 spiro atoms. The molecule has 0 N–H and O–H groups in total. The minimum absolute atomic E-state index is 0.271. The topological polar surface area (TPSA) is 20.3 Å². The minimum atomic E-state index is -0.277. The van der Waals surface area contributed by atoms with Gasteiger partial charge in [0.25, 0.3) is 0 Å². The summed E-state index contributed by atoms with van der Waals surface area (Å²) >= 11 is 1.73. The normalized spacial score (nSPS) is 16.3. The van der Waals surface area contributed by atoms with Crippen molar-refractivity contribution in [1.29, 1.82) is 0 Å². The zero-order chi connectivity index (χ0) is 14.9. The van der Waals surface area contributed by atoms with Crippen molar-refractivity contribution in [3.05, 3.63) is 57.8 Å². The summed E-state index contributed by atoms with van der Waals surface area (Å²) < 4.78 is 0. The maximum atomic E-state index is 13.0. The van der Waals surface area contributed by atoms with E-state index in [1.54, 1.807) is 11.3 Å². The number of aryl methyl sites for hydroxylation is 1. The molecule has 3 rings (SSSR count). The first-order chi connectivity index (χ1) is 10.1. The quantitative estimate of drug-likeness (QED) is 0.831. The molecule has 2 aromatic rings. The molecule has 2 nitrogen and oxygen atoms in total. The smallest absolute Gasteiger partial charge is 0.233 e. The molecule has 1 saturated carbocycles. The van der Waals surface area contributed by atoms with E-state index in [1.807, 2.05) is 30.1 Å². The van der Waals surface area contributed by atoms with Crippen molar-refractivity contribution in [2.45, 2.75) is 38.1 Å². The molecule has 1 aromatic carbocycles. The van der Waals surface area contributed by atoms with Crippen molar-refractivity contribution in [1.82, 2.24) is 4.90 Å². The van der Waals surface area contributed by atoms with Crippen molar-refractivity contribution in [3.8, 4) is 0 Å². The number of likely N-dealkylation sites (N-methyl/N-ethyl adjacent to an activating group) is 1. The maximum absolute atomic E-state index is 13.0. The Hall–Kier alpha value is -1.61. The van der Waals surface area contributed by atoms with Crippen LogP contribution >= 0.6 is 11.3 Å². The van der Waals surface area contributed by atoms with Crippen LogP contribution in [0, 0.1) is 6.92 Å². The van der Waals surface area contributed by atoms with Crippen LogP contribution in [-0.4, -0.2) is 17.9 Å². The van der Waals surface area contributed by atoms with E-state index in [4.69, 9.17) is 0 Å². The Morgan fingerprint density at radius 2 is 1.95 bits per heavy atom. The first-order valence-corrected chi connectivity index (χ1v) is 8.35. The Morgan fingerprint density at radius 3 is 2.48 bits per heavy atom. The Balaban J connectivity index is 1.81. The highest BCUT2D eigenvalue weighted by atomic mass is 32.1. The van der Waals surface area contributed by atoms with Gasteiger partial charge in [0.1, 0.15) is 0 Å². The van der Waals surface area contributed by atoms with Gasteiger partial charge in [0.05, 0.1) is 12.0 Å². The van der Waals surface area contributed by atoms with Crippen LogP contribution in [0.5, 0.6) is 0 Å². The molecule has 0 bridgehead atoms. The number of amides is 1. The number of hydrogen-bond donors (Lipinski definition) is 0. The lowest BCUT2D eigenvalue weighted by Gasteiger charge is -2.43. The van der Waals surface area contributed by atoms with Crippen molar-refractivity contribution in [3.63, 3.8) is 0 Å². The minimum Gasteiger partial charge on any atom is -0.340 e. The Kier molecular flexibility index (Phi) is 3.85. The number of rotatable bonds is 4. The average Bonchev–Trinajstić information content (AvgIpc) is 2.84. The summed E-state index contributed by atoms with van der Waals surface area (Å²) in [6, 6.07) is 12.4. The van der Waals surface area contributed by atoms with Crippen LogP contribution in [0.3, 0.4) is 0 Å². The summed E-state index contributed by atoms with van der Waals surface area (Å²) in [7, 11) is 1.94. The summed E-state index contributed by atoms with van der Waals surface area (Å²) in [5.41, 5.74) is 2.18. The van der Waals surface area contributed by atoms with E-state index in [2.05, 4.69) is 30.5 Å². The van der Waals surface area contributed by atoms with Gasteiger partial charge < -0.3 is 4.90 Å². The largest absolute Gasteiger partial charge is 0.340 e. The fourth-order valence-electron chi connectivity index (χ4n) is 3.13. The van der Waals surface area contributed by atoms with Crippen LogP contribution in [0.1, 0.15) is 35.3 Å². The van der Waals surface area contributed by atoms with Crippen molar-refractivity contribution in [2.75, 3.05) is 7.05 Å². The highest BCUT2D eigenvalue weighted by Gasteiger charge is 2.46. The predicted molar refractivity (Wildman–Crippen MR) is 87.5 cm³/mol. The average molecular weight is 299 g/mol. The third-order valence-corrected chi connectivity index (χ3v) is 5.65. The zero-order valence-electron chi connectivity index (χ0n) is 12.6. The van der Waals surface area contributed by atoms with Crippen LogP contribution in [0.25, 0.3) is 0 Å². The molecule has 0 aliphatic heterocycles. The summed E-state index contributed by atoms with van der Waals surface area (Å²) in [5, 5.41) is 2.10. The molecule has 0 radical (unpaired) electrons. The van der Waals surface area contributed by atoms with Gasteiger partial charge in [0, 0.05) is 11.9 Å². The monoisotopic (exact) mass is 299 g/mol. The van der Waals surface area contributed by atoms with Crippen molar-refractivity contribution < 1.29 is 4.79 Å². The number of benzene rings is 1. The molecule has 1 aliphatic carbocycles. The number of hydrogen-bond acceptors (Lipinski definition) is 2. The third kappa shape index (κ3) is 2.51. The van der Waals surface area contributed by atoms with E-state index >= 15 is 0 Å². The van der Waals surface area contributed by atoms with Gasteiger partial charge in [-0.3, -0.25) is 4.79 Å². The number of nitrogens with zero attached hydrogens (tertiary/aromatic N) is 1. The van der Waals surface area contributed by atoms with E-state index < -0.39 is 0 Å². The van der Waals surface area contributed by atoms with Crippen molar-refractivity contribution in [2.24, 2.45) is 0 Å². The molecule has 21 heavy (non-hydrogen) atoms. The third-order valence-electron chi connectivity index (χ3n) is 4.64. The van der Waals surface area contributed by atoms with Crippen molar-refractivity contribution >= 4 is 17.2 Å². The second kappa shape index (κ2) is 5.64. The molecule has 1 fully saturated rings. The molecule has 1 amide bonds. The predicted octanol–water partition coefficient (Wildman–Crippen LogP) is 4.14. The standard InChI is InChI=1S/C18H21NOS/c1-14-9-12-21-16(14)13-19(2)17(20)18(10-6-11-18)15-7-4-3-5-8-15/h3-5,7-9,12H,6,10-11,13H2,1-2H3. The van der Waals surface area contributed by atoms with E-state index in [9.17, 15) is 4.79 Å². The molecule has 1 aliphatic rings. The molecule has 1 heterocycles. The van der Waals surface area contributed by atoms with Gasteiger partial charge in [0.2, 0.25) is 5.91 Å². The van der Waals surface area contributed by atoms with Crippen LogP contribution in [0.15, 0.2) is 41.8 Å². The lowest BCUT2D eigenvalue weighted by Crippen LogP contribution is -2.49. The van der Waals surface area contributed by atoms with Crippen LogP contribution in [0.4, 0.5) is 0 Å². The fraction of sp³-hybridized carbons (Fsp3) is 0.389. The second-order valence-corrected chi connectivity index (χ2v) is 6.99. The first kappa shape index (κ1) is 14.3. The maximum Gasteiger partial charge on any atom is 0.233 e. The molecule has 0 atom stereocenters. The van der Waals surface area contributed by atoms with Gasteiger partial charge in [-0.25, -0.2) is 0 Å². The second-order valence-electron chi connectivity index (χ2n) is 5.99. The molecule has 3 heteroatoms. The zero-order valence-corrected chi connectivity index (χ0v) is 13.5. The molecule has 0 saturated heterocycles. The molecular formula is C18H21NOS. The molecule has 0 unspecified atom stereocenters. The van der Waals surface area contributed by atoms with E-state index in [0.717, 1.165) is 25.8 Å². The summed E-state index contributed by atoms with van der Waals surface area (Å²) in [5.74, 6) is 0.271. The van der Waals surface area contributed by atoms with Gasteiger partial charge in [-0.15, -0.1) is 11.3 Å². The number of carbonyl (C=O) groups is 1. The summed E-state index contributed by atoms with van der Waals surface area (Å²) in [4.78, 5) is 16.2. The summed E-state index contributed by atoms with van der Waals surface area (Å²) in [6.07, 6.45) is 3.10. The highest BCUT2D eigenvalue weighted by molar-refractivity contribution is 7.10.